The molecule has 0 aromatic heterocycles. The number of hydrogen-bond donors (Lipinski definition) is 0. The van der Waals surface area contributed by atoms with Gasteiger partial charge in [-0.05, 0) is 83.5 Å². The number of unbranched alkanes of at least 4 members (excludes halogenated alkanes) is 40. The third-order valence-electron chi connectivity index (χ3n) is 14.3. The lowest BCUT2D eigenvalue weighted by molar-refractivity contribution is -0.167. The monoisotopic (exact) mass is 1020 g/mol. The summed E-state index contributed by atoms with van der Waals surface area (Å²) in [5.41, 5.74) is 0. The SMILES string of the molecule is CCCCC/C=C\C/C=C\C/C=C\CCCCCCC(=O)OC[C@H](COC(=O)CCCCCCCCCCCCCCCCCCCCCCC)OC(=O)CCCCCCCCC/C=C\CCCCCCCC. The van der Waals surface area contributed by atoms with Crippen molar-refractivity contribution in [2.75, 3.05) is 13.2 Å². The summed E-state index contributed by atoms with van der Waals surface area (Å²) in [6.07, 6.45) is 76.8. The molecule has 0 aromatic carbocycles. The standard InChI is InChI=1S/C67H122O6/c1-4-7-10-13-16-19-22-25-28-31-32-33-34-37-39-42-45-48-51-54-57-60-66(69)72-63-64(73-67(70)61-58-55-52-49-46-43-40-36-30-27-24-21-18-15-12-9-6-3)62-71-65(68)59-56-53-50-47-44-41-38-35-29-26-23-20-17-14-11-8-5-2/h17,20,26-27,29-30,38,41,64H,4-16,18-19,21-25,28,31-37,39-40,42-63H2,1-3H3/b20-17-,29-26-,30-27-,41-38-/t64-/m1/s1. The highest BCUT2D eigenvalue weighted by Gasteiger charge is 2.19. The van der Waals surface area contributed by atoms with E-state index in [1.807, 2.05) is 0 Å². The molecule has 0 fully saturated rings. The highest BCUT2D eigenvalue weighted by Crippen LogP contribution is 2.17. The summed E-state index contributed by atoms with van der Waals surface area (Å²) in [7, 11) is 0. The quantitative estimate of drug-likeness (QED) is 0.0261. The largest absolute Gasteiger partial charge is 0.462 e. The fourth-order valence-electron chi connectivity index (χ4n) is 9.45. The van der Waals surface area contributed by atoms with Gasteiger partial charge in [0.25, 0.3) is 0 Å². The van der Waals surface area contributed by atoms with Crippen LogP contribution in [0.2, 0.25) is 0 Å². The lowest BCUT2D eigenvalue weighted by atomic mass is 10.0. The molecule has 6 nitrogen and oxygen atoms in total. The Morgan fingerprint density at radius 1 is 0.274 bits per heavy atom. The summed E-state index contributed by atoms with van der Waals surface area (Å²) in [6, 6.07) is 0. The predicted octanol–water partition coefficient (Wildman–Crippen LogP) is 21.8. The first kappa shape index (κ1) is 70.4. The Bertz CT molecular complexity index is 1270. The summed E-state index contributed by atoms with van der Waals surface area (Å²) >= 11 is 0. The molecule has 6 heteroatoms. The lowest BCUT2D eigenvalue weighted by Crippen LogP contribution is -2.30. The number of carbonyl (C=O) groups excluding carboxylic acids is 3. The van der Waals surface area contributed by atoms with Crippen molar-refractivity contribution in [3.8, 4) is 0 Å². The van der Waals surface area contributed by atoms with Gasteiger partial charge in [-0.15, -0.1) is 0 Å². The number of esters is 3. The summed E-state index contributed by atoms with van der Waals surface area (Å²) in [5, 5.41) is 0. The second-order valence-electron chi connectivity index (χ2n) is 21.7. The van der Waals surface area contributed by atoms with Crippen LogP contribution < -0.4 is 0 Å². The lowest BCUT2D eigenvalue weighted by Gasteiger charge is -2.18. The van der Waals surface area contributed by atoms with Crippen LogP contribution in [-0.2, 0) is 28.6 Å². The molecule has 1 atom stereocenters. The number of hydrogen-bond acceptors (Lipinski definition) is 6. The van der Waals surface area contributed by atoms with E-state index >= 15 is 0 Å². The Hall–Kier alpha value is -2.63. The average molecular weight is 1020 g/mol. The van der Waals surface area contributed by atoms with Crippen molar-refractivity contribution in [2.24, 2.45) is 0 Å². The molecule has 0 aliphatic carbocycles. The van der Waals surface area contributed by atoms with E-state index in [0.717, 1.165) is 83.5 Å². The maximum atomic E-state index is 12.9. The van der Waals surface area contributed by atoms with Crippen molar-refractivity contribution >= 4 is 17.9 Å². The van der Waals surface area contributed by atoms with E-state index in [9.17, 15) is 14.4 Å². The molecule has 0 amide bonds. The third kappa shape index (κ3) is 60.1. The maximum absolute atomic E-state index is 12.9. The van der Waals surface area contributed by atoms with E-state index in [1.54, 1.807) is 0 Å². The summed E-state index contributed by atoms with van der Waals surface area (Å²) in [4.78, 5) is 38.3. The minimum absolute atomic E-state index is 0.0785. The number of allylic oxidation sites excluding steroid dienone is 8. The van der Waals surface area contributed by atoms with Crippen LogP contribution in [0.4, 0.5) is 0 Å². The fourth-order valence-corrected chi connectivity index (χ4v) is 9.45. The first-order valence-corrected chi connectivity index (χ1v) is 32.1. The van der Waals surface area contributed by atoms with Crippen LogP contribution in [0, 0.1) is 0 Å². The fraction of sp³-hybridized carbons (Fsp3) is 0.836. The summed E-state index contributed by atoms with van der Waals surface area (Å²) in [6.45, 7) is 6.64. The molecule has 0 spiro atoms. The first-order valence-electron chi connectivity index (χ1n) is 32.1. The Labute approximate surface area is 454 Å². The molecular weight excluding hydrogens is 901 g/mol. The van der Waals surface area contributed by atoms with E-state index in [-0.39, 0.29) is 31.1 Å². The van der Waals surface area contributed by atoms with Gasteiger partial charge in [-0.3, -0.25) is 14.4 Å². The predicted molar refractivity (Wildman–Crippen MR) is 316 cm³/mol. The van der Waals surface area contributed by atoms with E-state index in [0.29, 0.717) is 19.3 Å². The van der Waals surface area contributed by atoms with Crippen molar-refractivity contribution in [2.45, 2.75) is 348 Å². The highest BCUT2D eigenvalue weighted by atomic mass is 16.6. The van der Waals surface area contributed by atoms with Gasteiger partial charge in [-0.25, -0.2) is 0 Å². The molecule has 0 aliphatic rings. The Balaban J connectivity index is 4.35. The van der Waals surface area contributed by atoms with Crippen LogP contribution >= 0.6 is 0 Å². The van der Waals surface area contributed by atoms with Crippen LogP contribution in [0.5, 0.6) is 0 Å². The highest BCUT2D eigenvalue weighted by molar-refractivity contribution is 5.71. The molecule has 0 aromatic rings. The maximum Gasteiger partial charge on any atom is 0.306 e. The van der Waals surface area contributed by atoms with Crippen molar-refractivity contribution in [3.05, 3.63) is 48.6 Å². The van der Waals surface area contributed by atoms with Gasteiger partial charge in [0, 0.05) is 19.3 Å². The van der Waals surface area contributed by atoms with Gasteiger partial charge in [0.15, 0.2) is 6.10 Å². The number of ether oxygens (including phenoxy) is 3. The molecule has 0 saturated carbocycles. The minimum Gasteiger partial charge on any atom is -0.462 e. The molecule has 0 unspecified atom stereocenters. The smallest absolute Gasteiger partial charge is 0.306 e. The first-order chi connectivity index (χ1) is 36.0. The van der Waals surface area contributed by atoms with Gasteiger partial charge >= 0.3 is 17.9 Å². The van der Waals surface area contributed by atoms with Gasteiger partial charge in [-0.2, -0.15) is 0 Å². The Kier molecular flexibility index (Phi) is 59.7. The van der Waals surface area contributed by atoms with Gasteiger partial charge < -0.3 is 14.2 Å². The number of rotatable bonds is 59. The van der Waals surface area contributed by atoms with Crippen molar-refractivity contribution in [1.29, 1.82) is 0 Å². The molecule has 426 valence electrons. The van der Waals surface area contributed by atoms with Crippen LogP contribution in [0.3, 0.4) is 0 Å². The summed E-state index contributed by atoms with van der Waals surface area (Å²) in [5.74, 6) is -0.884. The Morgan fingerprint density at radius 2 is 0.493 bits per heavy atom. The number of carbonyl (C=O) groups is 3. The second kappa shape index (κ2) is 61.9. The van der Waals surface area contributed by atoms with Crippen molar-refractivity contribution in [3.63, 3.8) is 0 Å². The van der Waals surface area contributed by atoms with Crippen molar-refractivity contribution in [1.82, 2.24) is 0 Å². The summed E-state index contributed by atoms with van der Waals surface area (Å²) < 4.78 is 16.9. The van der Waals surface area contributed by atoms with E-state index in [2.05, 4.69) is 69.4 Å². The molecule has 0 heterocycles. The molecule has 73 heavy (non-hydrogen) atoms. The van der Waals surface area contributed by atoms with Gasteiger partial charge in [0.2, 0.25) is 0 Å². The van der Waals surface area contributed by atoms with Crippen LogP contribution in [-0.4, -0.2) is 37.2 Å². The van der Waals surface area contributed by atoms with Crippen LogP contribution in [0.15, 0.2) is 48.6 Å². The average Bonchev–Trinajstić information content (AvgIpc) is 3.39. The zero-order valence-electron chi connectivity index (χ0n) is 48.9. The molecule has 0 rings (SSSR count). The van der Waals surface area contributed by atoms with Gasteiger partial charge in [0.1, 0.15) is 13.2 Å². The molecule has 0 N–H and O–H groups in total. The zero-order valence-corrected chi connectivity index (χ0v) is 48.9. The van der Waals surface area contributed by atoms with E-state index < -0.39 is 6.10 Å². The zero-order chi connectivity index (χ0) is 52.9. The van der Waals surface area contributed by atoms with E-state index in [1.165, 1.54) is 218 Å². The topological polar surface area (TPSA) is 78.9 Å². The molecular formula is C67H122O6. The Morgan fingerprint density at radius 3 is 0.808 bits per heavy atom. The minimum atomic E-state index is -0.784. The van der Waals surface area contributed by atoms with E-state index in [4.69, 9.17) is 14.2 Å². The molecule has 0 bridgehead atoms. The molecule has 0 aliphatic heterocycles. The van der Waals surface area contributed by atoms with Gasteiger partial charge in [-0.1, -0.05) is 288 Å². The second-order valence-corrected chi connectivity index (χ2v) is 21.7. The van der Waals surface area contributed by atoms with Crippen LogP contribution in [0.1, 0.15) is 342 Å². The van der Waals surface area contributed by atoms with Crippen molar-refractivity contribution < 1.29 is 28.6 Å². The molecule has 0 saturated heterocycles. The van der Waals surface area contributed by atoms with Gasteiger partial charge in [0.05, 0.1) is 0 Å². The molecule has 0 radical (unpaired) electrons. The van der Waals surface area contributed by atoms with Crippen LogP contribution in [0.25, 0.3) is 0 Å². The normalized spacial score (nSPS) is 12.3. The third-order valence-corrected chi connectivity index (χ3v) is 14.3.